The van der Waals surface area contributed by atoms with E-state index < -0.39 is 6.10 Å². The van der Waals surface area contributed by atoms with Crippen molar-refractivity contribution in [3.63, 3.8) is 0 Å². The lowest BCUT2D eigenvalue weighted by Crippen LogP contribution is -2.44. The van der Waals surface area contributed by atoms with Crippen molar-refractivity contribution in [1.82, 2.24) is 4.98 Å². The Hall–Kier alpha value is -2.66. The fraction of sp³-hybridized carbons (Fsp3) is 0.300. The highest BCUT2D eigenvalue weighted by Crippen LogP contribution is 2.31. The summed E-state index contributed by atoms with van der Waals surface area (Å²) in [6.07, 6.45) is 1.35. The molecule has 2 heterocycles. The summed E-state index contributed by atoms with van der Waals surface area (Å²) in [7, 11) is 2.10. The molecular weight excluding hydrogens is 314 g/mol. The average Bonchev–Trinajstić information content (AvgIpc) is 3.12. The molecule has 5 heteroatoms. The van der Waals surface area contributed by atoms with Crippen molar-refractivity contribution in [2.75, 3.05) is 43.1 Å². The Bertz CT molecular complexity index is 861. The van der Waals surface area contributed by atoms with Crippen LogP contribution in [0.2, 0.25) is 0 Å². The van der Waals surface area contributed by atoms with Gasteiger partial charge in [-0.3, -0.25) is 0 Å². The van der Waals surface area contributed by atoms with Gasteiger partial charge >= 0.3 is 0 Å². The summed E-state index contributed by atoms with van der Waals surface area (Å²) in [6.45, 7) is 2.69. The van der Waals surface area contributed by atoms with E-state index in [-0.39, 0.29) is 6.61 Å². The largest absolute Gasteiger partial charge is 0.490 e. The van der Waals surface area contributed by atoms with Crippen LogP contribution in [0.4, 0.5) is 11.4 Å². The maximum absolute atomic E-state index is 10.5. The molecule has 1 atom stereocenters. The lowest BCUT2D eigenvalue weighted by atomic mass is 10.1. The summed E-state index contributed by atoms with van der Waals surface area (Å²) in [6, 6.07) is 16.2. The van der Waals surface area contributed by atoms with E-state index in [1.165, 1.54) is 11.4 Å². The van der Waals surface area contributed by atoms with E-state index in [2.05, 4.69) is 40.0 Å². The molecule has 2 N–H and O–H groups in total. The second-order valence-corrected chi connectivity index (χ2v) is 6.52. The smallest absolute Gasteiger partial charge is 0.128 e. The van der Waals surface area contributed by atoms with Crippen molar-refractivity contribution in [2.45, 2.75) is 6.10 Å². The summed E-state index contributed by atoms with van der Waals surface area (Å²) in [5.41, 5.74) is 3.42. The standard InChI is InChI=1S/C20H23N3O2/c1-22-11-12-23(19-7-3-2-6-18(19)22)13-15(24)14-25-20-8-4-5-17-16(20)9-10-21-17/h2-10,15,21,24H,11-14H2,1H3/t15-/m1/s1. The van der Waals surface area contributed by atoms with Crippen LogP contribution in [0.15, 0.2) is 54.7 Å². The van der Waals surface area contributed by atoms with Gasteiger partial charge in [0.15, 0.2) is 0 Å². The lowest BCUT2D eigenvalue weighted by molar-refractivity contribution is 0.113. The molecular formula is C20H23N3O2. The Morgan fingerprint density at radius 3 is 2.80 bits per heavy atom. The number of aromatic nitrogens is 1. The second-order valence-electron chi connectivity index (χ2n) is 6.52. The number of fused-ring (bicyclic) bond motifs is 2. The Balaban J connectivity index is 1.42. The number of nitrogens with one attached hydrogen (secondary N) is 1. The molecule has 0 bridgehead atoms. The zero-order valence-corrected chi connectivity index (χ0v) is 14.4. The van der Waals surface area contributed by atoms with Crippen LogP contribution in [0.25, 0.3) is 10.9 Å². The van der Waals surface area contributed by atoms with E-state index in [0.29, 0.717) is 6.54 Å². The van der Waals surface area contributed by atoms with Crippen LogP contribution in [-0.4, -0.2) is 49.5 Å². The number of likely N-dealkylation sites (N-methyl/N-ethyl adjacent to an activating group) is 1. The first-order valence-electron chi connectivity index (χ1n) is 8.64. The van der Waals surface area contributed by atoms with Gasteiger partial charge in [-0.25, -0.2) is 0 Å². The van der Waals surface area contributed by atoms with E-state index in [4.69, 9.17) is 4.74 Å². The summed E-state index contributed by atoms with van der Waals surface area (Å²) in [5, 5.41) is 11.5. The number of β-amino-alcohol motifs (C(OH)–C–C–N with tert-alkyl or cyclic N) is 1. The van der Waals surface area contributed by atoms with Gasteiger partial charge in [-0.1, -0.05) is 18.2 Å². The van der Waals surface area contributed by atoms with Gasteiger partial charge in [0, 0.05) is 43.8 Å². The van der Waals surface area contributed by atoms with Crippen molar-refractivity contribution >= 4 is 22.3 Å². The topological polar surface area (TPSA) is 51.7 Å². The molecule has 0 fully saturated rings. The van der Waals surface area contributed by atoms with Crippen molar-refractivity contribution in [3.8, 4) is 5.75 Å². The highest BCUT2D eigenvalue weighted by atomic mass is 16.5. The predicted molar refractivity (Wildman–Crippen MR) is 102 cm³/mol. The Morgan fingerprint density at radius 1 is 1.08 bits per heavy atom. The molecule has 25 heavy (non-hydrogen) atoms. The van der Waals surface area contributed by atoms with E-state index in [9.17, 15) is 5.11 Å². The molecule has 1 aliphatic rings. The van der Waals surface area contributed by atoms with Crippen LogP contribution in [0.1, 0.15) is 0 Å². The predicted octanol–water partition coefficient (Wildman–Crippen LogP) is 2.86. The molecule has 2 aromatic carbocycles. The van der Waals surface area contributed by atoms with Gasteiger partial charge in [-0.05, 0) is 30.3 Å². The van der Waals surface area contributed by atoms with Crippen molar-refractivity contribution < 1.29 is 9.84 Å². The Morgan fingerprint density at radius 2 is 1.92 bits per heavy atom. The zero-order chi connectivity index (χ0) is 17.2. The molecule has 0 radical (unpaired) electrons. The summed E-state index contributed by atoms with van der Waals surface area (Å²) >= 11 is 0. The number of nitrogens with zero attached hydrogens (tertiary/aromatic N) is 2. The molecule has 130 valence electrons. The minimum absolute atomic E-state index is 0.277. The van der Waals surface area contributed by atoms with Crippen LogP contribution < -0.4 is 14.5 Å². The van der Waals surface area contributed by atoms with Crippen LogP contribution in [0, 0.1) is 0 Å². The number of ether oxygens (including phenoxy) is 1. The summed E-state index contributed by atoms with van der Waals surface area (Å²) in [4.78, 5) is 7.66. The highest BCUT2D eigenvalue weighted by molar-refractivity contribution is 5.85. The molecule has 0 saturated heterocycles. The highest BCUT2D eigenvalue weighted by Gasteiger charge is 2.22. The van der Waals surface area contributed by atoms with Gasteiger partial charge in [0.05, 0.1) is 11.4 Å². The summed E-state index contributed by atoms with van der Waals surface area (Å²) < 4.78 is 5.88. The average molecular weight is 337 g/mol. The molecule has 0 amide bonds. The first-order chi connectivity index (χ1) is 12.2. The van der Waals surface area contributed by atoms with E-state index in [1.54, 1.807) is 0 Å². The van der Waals surface area contributed by atoms with Crippen LogP contribution in [-0.2, 0) is 0 Å². The number of aromatic amines is 1. The number of hydrogen-bond donors (Lipinski definition) is 2. The van der Waals surface area contributed by atoms with Crippen LogP contribution >= 0.6 is 0 Å². The summed E-state index contributed by atoms with van der Waals surface area (Å²) in [5.74, 6) is 0.802. The number of hydrogen-bond acceptors (Lipinski definition) is 4. The monoisotopic (exact) mass is 337 g/mol. The minimum Gasteiger partial charge on any atom is -0.490 e. The quantitative estimate of drug-likeness (QED) is 0.752. The SMILES string of the molecule is CN1CCN(C[C@@H](O)COc2cccc3[nH]ccc23)c2ccccc21. The number of anilines is 2. The van der Waals surface area contributed by atoms with Gasteiger partial charge in [0.1, 0.15) is 18.5 Å². The van der Waals surface area contributed by atoms with Crippen LogP contribution in [0.3, 0.4) is 0 Å². The number of rotatable bonds is 5. The van der Waals surface area contributed by atoms with Crippen LogP contribution in [0.5, 0.6) is 5.75 Å². The number of aliphatic hydroxyl groups excluding tert-OH is 1. The first-order valence-corrected chi connectivity index (χ1v) is 8.64. The van der Waals surface area contributed by atoms with Crippen molar-refractivity contribution in [3.05, 3.63) is 54.7 Å². The molecule has 5 nitrogen and oxygen atoms in total. The van der Waals surface area contributed by atoms with E-state index in [0.717, 1.165) is 29.7 Å². The molecule has 3 aromatic rings. The van der Waals surface area contributed by atoms with Gasteiger partial charge in [0.2, 0.25) is 0 Å². The van der Waals surface area contributed by atoms with E-state index >= 15 is 0 Å². The third-order valence-electron chi connectivity index (χ3n) is 4.76. The zero-order valence-electron chi connectivity index (χ0n) is 14.4. The molecule has 1 aliphatic heterocycles. The molecule has 0 saturated carbocycles. The van der Waals surface area contributed by atoms with Gasteiger partial charge in [-0.2, -0.15) is 0 Å². The number of benzene rings is 2. The molecule has 0 spiro atoms. The fourth-order valence-corrected chi connectivity index (χ4v) is 3.43. The molecule has 4 rings (SSSR count). The lowest BCUT2D eigenvalue weighted by Gasteiger charge is -2.37. The van der Waals surface area contributed by atoms with Gasteiger partial charge < -0.3 is 24.6 Å². The maximum Gasteiger partial charge on any atom is 0.128 e. The Kier molecular flexibility index (Phi) is 4.24. The first kappa shape index (κ1) is 15.8. The molecule has 0 unspecified atom stereocenters. The molecule has 0 aliphatic carbocycles. The maximum atomic E-state index is 10.5. The number of aliphatic hydroxyl groups is 1. The second kappa shape index (κ2) is 6.69. The normalized spacial score (nSPS) is 15.3. The van der Waals surface area contributed by atoms with E-state index in [1.807, 2.05) is 36.5 Å². The van der Waals surface area contributed by atoms with Crippen molar-refractivity contribution in [2.24, 2.45) is 0 Å². The third kappa shape index (κ3) is 3.15. The molecule has 1 aromatic heterocycles. The fourth-order valence-electron chi connectivity index (χ4n) is 3.43. The van der Waals surface area contributed by atoms with Crippen molar-refractivity contribution in [1.29, 1.82) is 0 Å². The van der Waals surface area contributed by atoms with Gasteiger partial charge in [-0.15, -0.1) is 0 Å². The number of H-pyrrole nitrogens is 1. The van der Waals surface area contributed by atoms with Gasteiger partial charge in [0.25, 0.3) is 0 Å². The third-order valence-corrected chi connectivity index (χ3v) is 4.76. The minimum atomic E-state index is -0.550. The number of para-hydroxylation sites is 2. The Labute approximate surface area is 147 Å².